The molecule has 0 radical (unpaired) electrons. The highest BCUT2D eigenvalue weighted by atomic mass is 35.5. The number of nitrogens with one attached hydrogen (secondary N) is 1. The number of halogens is 1. The average molecular weight is 272 g/mol. The van der Waals surface area contributed by atoms with E-state index in [2.05, 4.69) is 5.32 Å². The third kappa shape index (κ3) is 3.09. The first-order valence-corrected chi connectivity index (χ1v) is 6.10. The Labute approximate surface area is 107 Å². The standard InChI is InChI=1S/C11H10ClNO3S/c12-10-2-1-9(17-10)11(15)13-5-8(14)7-3-4-16-6-7/h1-4,6,8,14H,5H2,(H,13,15)/t8-/m1/s1. The molecule has 4 nitrogen and oxygen atoms in total. The summed E-state index contributed by atoms with van der Waals surface area (Å²) in [7, 11) is 0. The lowest BCUT2D eigenvalue weighted by molar-refractivity contribution is 0.0920. The first-order valence-electron chi connectivity index (χ1n) is 4.90. The summed E-state index contributed by atoms with van der Waals surface area (Å²) in [6, 6.07) is 4.96. The van der Waals surface area contributed by atoms with Gasteiger partial charge in [-0.15, -0.1) is 11.3 Å². The van der Waals surface area contributed by atoms with E-state index in [1.807, 2.05) is 0 Å². The highest BCUT2D eigenvalue weighted by Crippen LogP contribution is 2.21. The van der Waals surface area contributed by atoms with Crippen LogP contribution in [0.1, 0.15) is 21.3 Å². The molecule has 0 fully saturated rings. The topological polar surface area (TPSA) is 62.5 Å². The van der Waals surface area contributed by atoms with Crippen LogP contribution < -0.4 is 5.32 Å². The number of furan rings is 1. The Hall–Kier alpha value is -1.30. The Kier molecular flexibility index (Phi) is 3.83. The molecule has 2 heterocycles. The maximum absolute atomic E-state index is 11.6. The van der Waals surface area contributed by atoms with Crippen LogP contribution in [0, 0.1) is 0 Å². The molecule has 17 heavy (non-hydrogen) atoms. The third-order valence-electron chi connectivity index (χ3n) is 2.18. The van der Waals surface area contributed by atoms with E-state index in [-0.39, 0.29) is 12.5 Å². The lowest BCUT2D eigenvalue weighted by Crippen LogP contribution is -2.27. The maximum Gasteiger partial charge on any atom is 0.261 e. The summed E-state index contributed by atoms with van der Waals surface area (Å²) in [5.41, 5.74) is 0.634. The van der Waals surface area contributed by atoms with Gasteiger partial charge in [0, 0.05) is 12.1 Å². The van der Waals surface area contributed by atoms with E-state index in [0.29, 0.717) is 14.8 Å². The zero-order chi connectivity index (χ0) is 12.3. The second-order valence-electron chi connectivity index (χ2n) is 3.39. The van der Waals surface area contributed by atoms with Crippen LogP contribution in [0.15, 0.2) is 35.1 Å². The van der Waals surface area contributed by atoms with Crippen LogP contribution in [0.25, 0.3) is 0 Å². The van der Waals surface area contributed by atoms with Gasteiger partial charge in [0.25, 0.3) is 5.91 Å². The van der Waals surface area contributed by atoms with Gasteiger partial charge in [-0.2, -0.15) is 0 Å². The molecule has 1 atom stereocenters. The molecule has 0 saturated heterocycles. The number of rotatable bonds is 4. The van der Waals surface area contributed by atoms with Gasteiger partial charge in [-0.25, -0.2) is 0 Å². The molecule has 0 aliphatic carbocycles. The molecule has 6 heteroatoms. The highest BCUT2D eigenvalue weighted by Gasteiger charge is 2.12. The summed E-state index contributed by atoms with van der Waals surface area (Å²) in [5, 5.41) is 12.3. The van der Waals surface area contributed by atoms with Crippen molar-refractivity contribution < 1.29 is 14.3 Å². The number of hydrogen-bond acceptors (Lipinski definition) is 4. The predicted octanol–water partition coefficient (Wildman–Crippen LogP) is 2.46. The zero-order valence-electron chi connectivity index (χ0n) is 8.72. The van der Waals surface area contributed by atoms with Crippen LogP contribution in [-0.2, 0) is 0 Å². The fourth-order valence-electron chi connectivity index (χ4n) is 1.30. The van der Waals surface area contributed by atoms with Crippen molar-refractivity contribution in [2.24, 2.45) is 0 Å². The van der Waals surface area contributed by atoms with Gasteiger partial charge in [0.1, 0.15) is 0 Å². The molecule has 0 aliphatic heterocycles. The first kappa shape index (κ1) is 12.2. The number of carbonyl (C=O) groups is 1. The number of hydrogen-bond donors (Lipinski definition) is 2. The number of aliphatic hydroxyl groups excluding tert-OH is 1. The van der Waals surface area contributed by atoms with Gasteiger partial charge < -0.3 is 14.8 Å². The van der Waals surface area contributed by atoms with Crippen LogP contribution in [0.4, 0.5) is 0 Å². The quantitative estimate of drug-likeness (QED) is 0.898. The molecule has 0 saturated carbocycles. The molecule has 0 spiro atoms. The largest absolute Gasteiger partial charge is 0.472 e. The molecule has 0 unspecified atom stereocenters. The molecule has 2 rings (SSSR count). The van der Waals surface area contributed by atoms with Crippen molar-refractivity contribution in [2.75, 3.05) is 6.54 Å². The minimum atomic E-state index is -0.770. The number of thiophene rings is 1. The number of amides is 1. The van der Waals surface area contributed by atoms with Crippen molar-refractivity contribution in [2.45, 2.75) is 6.10 Å². The molecule has 2 aromatic rings. The van der Waals surface area contributed by atoms with Gasteiger partial charge in [0.15, 0.2) is 0 Å². The summed E-state index contributed by atoms with van der Waals surface area (Å²) in [5.74, 6) is -0.246. The fraction of sp³-hybridized carbons (Fsp3) is 0.182. The molecule has 90 valence electrons. The molecular weight excluding hydrogens is 262 g/mol. The van der Waals surface area contributed by atoms with E-state index >= 15 is 0 Å². The van der Waals surface area contributed by atoms with E-state index in [1.54, 1.807) is 18.2 Å². The van der Waals surface area contributed by atoms with E-state index in [9.17, 15) is 9.90 Å². The first-order chi connectivity index (χ1) is 8.16. The number of carbonyl (C=O) groups excluding carboxylic acids is 1. The number of aliphatic hydroxyl groups is 1. The van der Waals surface area contributed by atoms with Crippen molar-refractivity contribution in [3.05, 3.63) is 45.5 Å². The van der Waals surface area contributed by atoms with Crippen molar-refractivity contribution in [1.29, 1.82) is 0 Å². The monoisotopic (exact) mass is 271 g/mol. The Morgan fingerprint density at radius 1 is 1.53 bits per heavy atom. The zero-order valence-corrected chi connectivity index (χ0v) is 10.3. The molecule has 2 N–H and O–H groups in total. The van der Waals surface area contributed by atoms with E-state index in [0.717, 1.165) is 0 Å². The van der Waals surface area contributed by atoms with E-state index < -0.39 is 6.10 Å². The van der Waals surface area contributed by atoms with Crippen molar-refractivity contribution in [3.8, 4) is 0 Å². The predicted molar refractivity (Wildman–Crippen MR) is 65.3 cm³/mol. The van der Waals surface area contributed by atoms with Crippen LogP contribution in [0.2, 0.25) is 4.34 Å². The van der Waals surface area contributed by atoms with Gasteiger partial charge in [-0.1, -0.05) is 11.6 Å². The molecule has 0 aliphatic rings. The molecular formula is C11H10ClNO3S. The SMILES string of the molecule is O=C(NC[C@@H](O)c1ccoc1)c1ccc(Cl)s1. The van der Waals surface area contributed by atoms with Gasteiger partial charge >= 0.3 is 0 Å². The smallest absolute Gasteiger partial charge is 0.261 e. The lowest BCUT2D eigenvalue weighted by Gasteiger charge is -2.08. The molecule has 1 amide bonds. The minimum Gasteiger partial charge on any atom is -0.472 e. The van der Waals surface area contributed by atoms with Crippen molar-refractivity contribution in [1.82, 2.24) is 5.32 Å². The van der Waals surface area contributed by atoms with Gasteiger partial charge in [-0.05, 0) is 18.2 Å². The van der Waals surface area contributed by atoms with Crippen molar-refractivity contribution >= 4 is 28.8 Å². The Morgan fingerprint density at radius 2 is 2.35 bits per heavy atom. The van der Waals surface area contributed by atoms with Crippen LogP contribution in [0.5, 0.6) is 0 Å². The fourth-order valence-corrected chi connectivity index (χ4v) is 2.25. The Balaban J connectivity index is 1.88. The van der Waals surface area contributed by atoms with E-state index in [4.69, 9.17) is 16.0 Å². The summed E-state index contributed by atoms with van der Waals surface area (Å²) < 4.78 is 5.40. The summed E-state index contributed by atoms with van der Waals surface area (Å²) in [4.78, 5) is 12.2. The second-order valence-corrected chi connectivity index (χ2v) is 5.10. The highest BCUT2D eigenvalue weighted by molar-refractivity contribution is 7.17. The summed E-state index contributed by atoms with van der Waals surface area (Å²) in [6.07, 6.45) is 2.14. The lowest BCUT2D eigenvalue weighted by atomic mass is 10.2. The normalized spacial score (nSPS) is 12.4. The van der Waals surface area contributed by atoms with Gasteiger partial charge in [0.2, 0.25) is 0 Å². The van der Waals surface area contributed by atoms with Crippen LogP contribution in [0.3, 0.4) is 0 Å². The van der Waals surface area contributed by atoms with Crippen LogP contribution >= 0.6 is 22.9 Å². The van der Waals surface area contributed by atoms with Gasteiger partial charge in [-0.3, -0.25) is 4.79 Å². The minimum absolute atomic E-state index is 0.133. The van der Waals surface area contributed by atoms with E-state index in [1.165, 1.54) is 23.9 Å². The second kappa shape index (κ2) is 5.35. The molecule has 2 aromatic heterocycles. The Morgan fingerprint density at radius 3 is 2.94 bits per heavy atom. The maximum atomic E-state index is 11.6. The summed E-state index contributed by atoms with van der Waals surface area (Å²) in [6.45, 7) is 0.133. The molecule has 0 aromatic carbocycles. The Bertz CT molecular complexity index is 495. The average Bonchev–Trinajstić information content (AvgIpc) is 2.95. The van der Waals surface area contributed by atoms with Crippen LogP contribution in [-0.4, -0.2) is 17.6 Å². The summed E-state index contributed by atoms with van der Waals surface area (Å²) >= 11 is 6.92. The van der Waals surface area contributed by atoms with Gasteiger partial charge in [0.05, 0.1) is 27.8 Å². The van der Waals surface area contributed by atoms with Crippen molar-refractivity contribution in [3.63, 3.8) is 0 Å². The third-order valence-corrected chi connectivity index (χ3v) is 3.41. The molecule has 0 bridgehead atoms.